The Balaban J connectivity index is 2.64. The molecule has 1 aromatic rings. The molecule has 2 atom stereocenters. The first-order chi connectivity index (χ1) is 9.67. The second kappa shape index (κ2) is 5.71. The fourth-order valence-corrected chi connectivity index (χ4v) is 5.67. The lowest BCUT2D eigenvalue weighted by Crippen LogP contribution is -2.57. The van der Waals surface area contributed by atoms with Crippen molar-refractivity contribution >= 4 is 10.0 Å². The maximum atomic E-state index is 13.3. The fourth-order valence-electron chi connectivity index (χ4n) is 3.26. The number of benzene rings is 1. The van der Waals surface area contributed by atoms with E-state index in [0.717, 1.165) is 22.3 Å². The van der Waals surface area contributed by atoms with Crippen molar-refractivity contribution in [2.75, 3.05) is 13.1 Å². The van der Waals surface area contributed by atoms with E-state index in [9.17, 15) is 8.42 Å². The Morgan fingerprint density at radius 1 is 1.00 bits per heavy atom. The van der Waals surface area contributed by atoms with Gasteiger partial charge in [-0.3, -0.25) is 0 Å². The number of sulfonamides is 1. The Kier molecular flexibility index (Phi) is 4.47. The van der Waals surface area contributed by atoms with Crippen LogP contribution in [0.25, 0.3) is 0 Å². The van der Waals surface area contributed by atoms with E-state index in [1.54, 1.807) is 4.31 Å². The lowest BCUT2D eigenvalue weighted by molar-refractivity contribution is 0.220. The SMILES string of the molecule is Cc1cc(C)c(C)c(S(=O)(=O)N2C(C)CNCC2C)c1C. The summed E-state index contributed by atoms with van der Waals surface area (Å²) < 4.78 is 28.2. The molecule has 0 amide bonds. The van der Waals surface area contributed by atoms with Crippen LogP contribution in [0.15, 0.2) is 11.0 Å². The minimum Gasteiger partial charge on any atom is -0.314 e. The molecule has 2 unspecified atom stereocenters. The highest BCUT2D eigenvalue weighted by molar-refractivity contribution is 7.89. The molecule has 1 aliphatic heterocycles. The first kappa shape index (κ1) is 16.5. The van der Waals surface area contributed by atoms with E-state index < -0.39 is 10.0 Å². The van der Waals surface area contributed by atoms with Crippen LogP contribution in [0.4, 0.5) is 0 Å². The van der Waals surface area contributed by atoms with E-state index in [2.05, 4.69) is 11.4 Å². The van der Waals surface area contributed by atoms with Gasteiger partial charge in [0.15, 0.2) is 0 Å². The van der Waals surface area contributed by atoms with Crippen molar-refractivity contribution in [1.82, 2.24) is 9.62 Å². The van der Waals surface area contributed by atoms with Gasteiger partial charge in [-0.05, 0) is 63.8 Å². The van der Waals surface area contributed by atoms with Gasteiger partial charge in [0, 0.05) is 25.2 Å². The second-order valence-corrected chi connectivity index (χ2v) is 8.06. The van der Waals surface area contributed by atoms with Crippen LogP contribution in [-0.4, -0.2) is 37.9 Å². The van der Waals surface area contributed by atoms with E-state index in [1.165, 1.54) is 0 Å². The predicted octanol–water partition coefficient (Wildman–Crippen LogP) is 2.29. The van der Waals surface area contributed by atoms with Crippen LogP contribution in [-0.2, 0) is 10.0 Å². The molecule has 0 aliphatic carbocycles. The largest absolute Gasteiger partial charge is 0.314 e. The maximum Gasteiger partial charge on any atom is 0.244 e. The quantitative estimate of drug-likeness (QED) is 0.912. The zero-order chi connectivity index (χ0) is 15.9. The Morgan fingerprint density at radius 2 is 1.43 bits per heavy atom. The van der Waals surface area contributed by atoms with Gasteiger partial charge >= 0.3 is 0 Å². The van der Waals surface area contributed by atoms with Crippen molar-refractivity contribution in [3.8, 4) is 0 Å². The summed E-state index contributed by atoms with van der Waals surface area (Å²) in [5, 5.41) is 3.28. The molecule has 0 saturated carbocycles. The molecular formula is C16H26N2O2S. The van der Waals surface area contributed by atoms with Gasteiger partial charge in [-0.25, -0.2) is 8.42 Å². The molecule has 1 aromatic carbocycles. The van der Waals surface area contributed by atoms with Gasteiger partial charge in [0.1, 0.15) is 0 Å². The lowest BCUT2D eigenvalue weighted by Gasteiger charge is -2.39. The molecule has 1 N–H and O–H groups in total. The molecule has 5 heteroatoms. The van der Waals surface area contributed by atoms with Crippen LogP contribution in [0.2, 0.25) is 0 Å². The third-order valence-corrected chi connectivity index (χ3v) is 6.98. The van der Waals surface area contributed by atoms with E-state index in [4.69, 9.17) is 0 Å². The topological polar surface area (TPSA) is 49.4 Å². The highest BCUT2D eigenvalue weighted by Gasteiger charge is 2.37. The number of hydrogen-bond donors (Lipinski definition) is 1. The van der Waals surface area contributed by atoms with Crippen molar-refractivity contribution in [3.05, 3.63) is 28.3 Å². The Labute approximate surface area is 128 Å². The normalized spacial score (nSPS) is 24.3. The van der Waals surface area contributed by atoms with Crippen LogP contribution in [0.5, 0.6) is 0 Å². The number of aryl methyl sites for hydroxylation is 2. The second-order valence-electron chi connectivity index (χ2n) is 6.28. The van der Waals surface area contributed by atoms with Gasteiger partial charge in [-0.15, -0.1) is 0 Å². The molecule has 1 aliphatic rings. The highest BCUT2D eigenvalue weighted by Crippen LogP contribution is 2.31. The first-order valence-corrected chi connectivity index (χ1v) is 8.93. The van der Waals surface area contributed by atoms with Crippen LogP contribution >= 0.6 is 0 Å². The third kappa shape index (κ3) is 2.74. The minimum absolute atomic E-state index is 0.0293. The number of nitrogens with one attached hydrogen (secondary N) is 1. The number of nitrogens with zero attached hydrogens (tertiary/aromatic N) is 1. The summed E-state index contributed by atoms with van der Waals surface area (Å²) in [7, 11) is -3.47. The minimum atomic E-state index is -3.47. The molecule has 0 aromatic heterocycles. The van der Waals surface area contributed by atoms with Crippen molar-refractivity contribution in [2.45, 2.75) is 58.5 Å². The van der Waals surface area contributed by atoms with E-state index in [1.807, 2.05) is 41.5 Å². The molecule has 4 nitrogen and oxygen atoms in total. The van der Waals surface area contributed by atoms with Crippen LogP contribution < -0.4 is 5.32 Å². The Hall–Kier alpha value is -0.910. The highest BCUT2D eigenvalue weighted by atomic mass is 32.2. The summed E-state index contributed by atoms with van der Waals surface area (Å²) >= 11 is 0. The molecular weight excluding hydrogens is 284 g/mol. The van der Waals surface area contributed by atoms with Gasteiger partial charge in [0.05, 0.1) is 4.90 Å². The van der Waals surface area contributed by atoms with Gasteiger partial charge in [0.25, 0.3) is 0 Å². The molecule has 0 spiro atoms. The monoisotopic (exact) mass is 310 g/mol. The molecule has 2 rings (SSSR count). The predicted molar refractivity (Wildman–Crippen MR) is 86.2 cm³/mol. The zero-order valence-corrected chi connectivity index (χ0v) is 14.6. The summed E-state index contributed by atoms with van der Waals surface area (Å²) in [5.74, 6) is 0. The van der Waals surface area contributed by atoms with Crippen molar-refractivity contribution in [1.29, 1.82) is 0 Å². The van der Waals surface area contributed by atoms with Crippen molar-refractivity contribution in [3.63, 3.8) is 0 Å². The molecule has 1 saturated heterocycles. The Morgan fingerprint density at radius 3 is 1.86 bits per heavy atom. The summed E-state index contributed by atoms with van der Waals surface area (Å²) in [6.07, 6.45) is 0. The average molecular weight is 310 g/mol. The standard InChI is InChI=1S/C16H26N2O2S/c1-10-7-11(2)15(6)16(14(10)5)21(19,20)18-12(3)8-17-9-13(18)4/h7,12-13,17H,8-9H2,1-6H3. The van der Waals surface area contributed by atoms with Gasteiger partial charge in [-0.1, -0.05) is 6.07 Å². The summed E-state index contributed by atoms with van der Waals surface area (Å²) in [6.45, 7) is 13.1. The number of hydrogen-bond acceptors (Lipinski definition) is 3. The smallest absolute Gasteiger partial charge is 0.244 e. The summed E-state index contributed by atoms with van der Waals surface area (Å²) in [5.41, 5.74) is 3.81. The average Bonchev–Trinajstić information content (AvgIpc) is 2.36. The third-order valence-electron chi connectivity index (χ3n) is 4.58. The summed E-state index contributed by atoms with van der Waals surface area (Å²) in [6, 6.07) is 2.01. The maximum absolute atomic E-state index is 13.3. The van der Waals surface area contributed by atoms with Gasteiger partial charge in [-0.2, -0.15) is 4.31 Å². The molecule has 0 bridgehead atoms. The first-order valence-electron chi connectivity index (χ1n) is 7.49. The fraction of sp³-hybridized carbons (Fsp3) is 0.625. The summed E-state index contributed by atoms with van der Waals surface area (Å²) in [4.78, 5) is 0.501. The van der Waals surface area contributed by atoms with E-state index >= 15 is 0 Å². The zero-order valence-electron chi connectivity index (χ0n) is 13.8. The van der Waals surface area contributed by atoms with E-state index in [0.29, 0.717) is 18.0 Å². The molecule has 118 valence electrons. The van der Waals surface area contributed by atoms with Gasteiger partial charge in [0.2, 0.25) is 10.0 Å². The molecule has 1 fully saturated rings. The van der Waals surface area contributed by atoms with Crippen molar-refractivity contribution in [2.24, 2.45) is 0 Å². The van der Waals surface area contributed by atoms with Crippen molar-refractivity contribution < 1.29 is 8.42 Å². The number of rotatable bonds is 2. The molecule has 0 radical (unpaired) electrons. The van der Waals surface area contributed by atoms with E-state index in [-0.39, 0.29) is 12.1 Å². The molecule has 1 heterocycles. The number of piperazine rings is 1. The van der Waals surface area contributed by atoms with Crippen LogP contribution in [0, 0.1) is 27.7 Å². The lowest BCUT2D eigenvalue weighted by atomic mass is 10.0. The van der Waals surface area contributed by atoms with Crippen LogP contribution in [0.1, 0.15) is 36.1 Å². The molecule has 21 heavy (non-hydrogen) atoms. The van der Waals surface area contributed by atoms with Gasteiger partial charge < -0.3 is 5.32 Å². The van der Waals surface area contributed by atoms with Crippen LogP contribution in [0.3, 0.4) is 0 Å². The Bertz CT molecular complexity index is 616.